The molecule has 1 unspecified atom stereocenters. The third kappa shape index (κ3) is 2.68. The zero-order valence-electron chi connectivity index (χ0n) is 7.87. The molecule has 0 aliphatic heterocycles. The van der Waals surface area contributed by atoms with Crippen LogP contribution in [0.4, 0.5) is 0 Å². The second-order valence-corrected chi connectivity index (χ2v) is 3.91. The van der Waals surface area contributed by atoms with Gasteiger partial charge < -0.3 is 10.5 Å². The van der Waals surface area contributed by atoms with Crippen molar-refractivity contribution >= 4 is 28.6 Å². The number of hydrogen-bond acceptors (Lipinski definition) is 3. The molecule has 1 aromatic rings. The number of carbonyl (C=O) groups is 1. The average molecular weight is 305 g/mol. The average Bonchev–Trinajstić information content (AvgIpc) is 2.18. The van der Waals surface area contributed by atoms with Gasteiger partial charge in [0.1, 0.15) is 6.04 Å². The number of esters is 1. The second kappa shape index (κ2) is 5.31. The molecule has 2 N–H and O–H groups in total. The Kier molecular flexibility index (Phi) is 4.34. The molecule has 0 saturated carbocycles. The van der Waals surface area contributed by atoms with E-state index in [1.807, 2.05) is 24.3 Å². The van der Waals surface area contributed by atoms with Gasteiger partial charge in [-0.05, 0) is 41.1 Å². The van der Waals surface area contributed by atoms with Crippen molar-refractivity contribution in [3.63, 3.8) is 0 Å². The van der Waals surface area contributed by atoms with Crippen molar-refractivity contribution in [3.05, 3.63) is 33.4 Å². The zero-order chi connectivity index (χ0) is 10.6. The molecule has 1 rings (SSSR count). The minimum Gasteiger partial charge on any atom is -0.465 e. The summed E-state index contributed by atoms with van der Waals surface area (Å²) < 4.78 is 5.82. The molecule has 1 aromatic carbocycles. The highest BCUT2D eigenvalue weighted by molar-refractivity contribution is 14.1. The van der Waals surface area contributed by atoms with Crippen molar-refractivity contribution in [2.24, 2.45) is 5.73 Å². The lowest BCUT2D eigenvalue weighted by Gasteiger charge is -2.12. The molecule has 0 aliphatic carbocycles. The SMILES string of the molecule is CCOC(=O)C(N)c1ccccc1I. The van der Waals surface area contributed by atoms with Crippen LogP contribution in [0.25, 0.3) is 0 Å². The molecule has 0 bridgehead atoms. The Hall–Kier alpha value is -0.620. The summed E-state index contributed by atoms with van der Waals surface area (Å²) in [5.41, 5.74) is 6.56. The molecule has 0 aromatic heterocycles. The van der Waals surface area contributed by atoms with Crippen molar-refractivity contribution in [1.29, 1.82) is 0 Å². The Bertz CT molecular complexity index is 328. The molecule has 0 radical (unpaired) electrons. The molecule has 3 nitrogen and oxygen atoms in total. The van der Waals surface area contributed by atoms with E-state index in [0.29, 0.717) is 6.61 Å². The zero-order valence-corrected chi connectivity index (χ0v) is 10.0. The third-order valence-electron chi connectivity index (χ3n) is 1.78. The van der Waals surface area contributed by atoms with E-state index in [2.05, 4.69) is 22.6 Å². The van der Waals surface area contributed by atoms with Gasteiger partial charge in [-0.15, -0.1) is 0 Å². The minimum absolute atomic E-state index is 0.357. The summed E-state index contributed by atoms with van der Waals surface area (Å²) >= 11 is 2.15. The molecule has 0 fully saturated rings. The molecular weight excluding hydrogens is 293 g/mol. The second-order valence-electron chi connectivity index (χ2n) is 2.75. The van der Waals surface area contributed by atoms with Crippen LogP contribution in [0.1, 0.15) is 18.5 Å². The van der Waals surface area contributed by atoms with Crippen LogP contribution in [0, 0.1) is 3.57 Å². The van der Waals surface area contributed by atoms with Gasteiger partial charge in [0.05, 0.1) is 6.61 Å². The predicted molar refractivity (Wildman–Crippen MR) is 62.7 cm³/mol. The van der Waals surface area contributed by atoms with Gasteiger partial charge in [0, 0.05) is 3.57 Å². The van der Waals surface area contributed by atoms with Crippen LogP contribution >= 0.6 is 22.6 Å². The Morgan fingerprint density at radius 1 is 1.57 bits per heavy atom. The molecule has 0 aliphatic rings. The smallest absolute Gasteiger partial charge is 0.327 e. The highest BCUT2D eigenvalue weighted by Crippen LogP contribution is 2.18. The monoisotopic (exact) mass is 305 g/mol. The molecule has 0 amide bonds. The van der Waals surface area contributed by atoms with Crippen molar-refractivity contribution in [3.8, 4) is 0 Å². The maximum Gasteiger partial charge on any atom is 0.327 e. The summed E-state index contributed by atoms with van der Waals surface area (Å²) in [5.74, 6) is -0.378. The fraction of sp³-hybridized carbons (Fsp3) is 0.300. The van der Waals surface area contributed by atoms with Crippen LogP contribution in [-0.2, 0) is 9.53 Å². The van der Waals surface area contributed by atoms with Gasteiger partial charge in [0.2, 0.25) is 0 Å². The number of halogens is 1. The van der Waals surface area contributed by atoms with Crippen LogP contribution in [0.5, 0.6) is 0 Å². The van der Waals surface area contributed by atoms with Gasteiger partial charge >= 0.3 is 5.97 Å². The molecule has 76 valence electrons. The summed E-state index contributed by atoms with van der Waals surface area (Å²) in [4.78, 5) is 11.3. The van der Waals surface area contributed by atoms with Crippen molar-refractivity contribution < 1.29 is 9.53 Å². The standard InChI is InChI=1S/C10H12INO2/c1-2-14-10(13)9(12)7-5-3-4-6-8(7)11/h3-6,9H,2,12H2,1H3. The van der Waals surface area contributed by atoms with Crippen LogP contribution < -0.4 is 5.73 Å². The highest BCUT2D eigenvalue weighted by Gasteiger charge is 2.18. The van der Waals surface area contributed by atoms with Gasteiger partial charge in [0.15, 0.2) is 0 Å². The third-order valence-corrected chi connectivity index (χ3v) is 2.76. The van der Waals surface area contributed by atoms with Crippen LogP contribution in [0.3, 0.4) is 0 Å². The van der Waals surface area contributed by atoms with E-state index in [4.69, 9.17) is 10.5 Å². The lowest BCUT2D eigenvalue weighted by atomic mass is 10.1. The predicted octanol–water partition coefficient (Wildman–Crippen LogP) is 1.85. The number of nitrogens with two attached hydrogens (primary N) is 1. The van der Waals surface area contributed by atoms with Crippen molar-refractivity contribution in [2.45, 2.75) is 13.0 Å². The van der Waals surface area contributed by atoms with E-state index < -0.39 is 6.04 Å². The molecule has 4 heteroatoms. The topological polar surface area (TPSA) is 52.3 Å². The van der Waals surface area contributed by atoms with Gasteiger partial charge in [-0.1, -0.05) is 18.2 Å². The first-order valence-corrected chi connectivity index (χ1v) is 5.41. The van der Waals surface area contributed by atoms with Crippen molar-refractivity contribution in [1.82, 2.24) is 0 Å². The Labute approximate surface area is 96.8 Å². The number of hydrogen-bond donors (Lipinski definition) is 1. The van der Waals surface area contributed by atoms with Crippen molar-refractivity contribution in [2.75, 3.05) is 6.61 Å². The lowest BCUT2D eigenvalue weighted by molar-refractivity contribution is -0.144. The van der Waals surface area contributed by atoms with E-state index in [1.165, 1.54) is 0 Å². The van der Waals surface area contributed by atoms with E-state index >= 15 is 0 Å². The maximum atomic E-state index is 11.3. The molecular formula is C10H12INO2. The molecule has 1 atom stereocenters. The molecule has 0 heterocycles. The number of rotatable bonds is 3. The normalized spacial score (nSPS) is 12.2. The summed E-state index contributed by atoms with van der Waals surface area (Å²) in [5, 5.41) is 0. The number of carbonyl (C=O) groups excluding carboxylic acids is 1. The first kappa shape index (κ1) is 11.5. The summed E-state index contributed by atoms with van der Waals surface area (Å²) in [6.07, 6.45) is 0. The number of ether oxygens (including phenoxy) is 1. The van der Waals surface area contributed by atoms with Gasteiger partial charge in [-0.25, -0.2) is 4.79 Å². The largest absolute Gasteiger partial charge is 0.465 e. The summed E-state index contributed by atoms with van der Waals surface area (Å²) in [6, 6.07) is 6.83. The fourth-order valence-electron chi connectivity index (χ4n) is 1.09. The lowest BCUT2D eigenvalue weighted by Crippen LogP contribution is -2.24. The quantitative estimate of drug-likeness (QED) is 0.685. The van der Waals surface area contributed by atoms with Crippen LogP contribution in [0.15, 0.2) is 24.3 Å². The molecule has 0 saturated heterocycles. The Balaban J connectivity index is 2.84. The Morgan fingerprint density at radius 2 is 2.21 bits per heavy atom. The van der Waals surface area contributed by atoms with Gasteiger partial charge in [-0.3, -0.25) is 0 Å². The van der Waals surface area contributed by atoms with E-state index in [-0.39, 0.29) is 5.97 Å². The van der Waals surface area contributed by atoms with Crippen LogP contribution in [-0.4, -0.2) is 12.6 Å². The highest BCUT2D eigenvalue weighted by atomic mass is 127. The van der Waals surface area contributed by atoms with Crippen LogP contribution in [0.2, 0.25) is 0 Å². The summed E-state index contributed by atoms with van der Waals surface area (Å²) in [6.45, 7) is 2.12. The number of benzene rings is 1. The fourth-order valence-corrected chi connectivity index (χ4v) is 1.81. The first-order chi connectivity index (χ1) is 6.66. The van der Waals surface area contributed by atoms with Gasteiger partial charge in [0.25, 0.3) is 0 Å². The van der Waals surface area contributed by atoms with E-state index in [1.54, 1.807) is 6.92 Å². The minimum atomic E-state index is -0.678. The maximum absolute atomic E-state index is 11.3. The molecule has 14 heavy (non-hydrogen) atoms. The Morgan fingerprint density at radius 3 is 2.79 bits per heavy atom. The summed E-state index contributed by atoms with van der Waals surface area (Å²) in [7, 11) is 0. The van der Waals surface area contributed by atoms with E-state index in [0.717, 1.165) is 9.13 Å². The molecule has 0 spiro atoms. The van der Waals surface area contributed by atoms with Gasteiger partial charge in [-0.2, -0.15) is 0 Å². The first-order valence-electron chi connectivity index (χ1n) is 4.33. The van der Waals surface area contributed by atoms with E-state index in [9.17, 15) is 4.79 Å².